The summed E-state index contributed by atoms with van der Waals surface area (Å²) in [6.07, 6.45) is 1.52. The highest BCUT2D eigenvalue weighted by atomic mass is 79.9. The SMILES string of the molecule is C=CCOCC(NC(=O)c1cc(C)c(Br)cc1C)C(=O)O. The number of aliphatic carboxylic acids is 1. The summed E-state index contributed by atoms with van der Waals surface area (Å²) in [6.45, 7) is 7.26. The minimum atomic E-state index is -1.14. The van der Waals surface area contributed by atoms with Gasteiger partial charge in [0.25, 0.3) is 5.91 Å². The van der Waals surface area contributed by atoms with Crippen LogP contribution in [-0.2, 0) is 9.53 Å². The standard InChI is InChI=1S/C15H18BrNO4/c1-4-5-21-8-13(15(19)20)17-14(18)11-6-10(3)12(16)7-9(11)2/h4,6-7,13H,1,5,8H2,2-3H3,(H,17,18)(H,19,20). The second-order valence-corrected chi connectivity index (χ2v) is 5.46. The minimum Gasteiger partial charge on any atom is -0.480 e. The Balaban J connectivity index is 2.84. The van der Waals surface area contributed by atoms with E-state index in [4.69, 9.17) is 9.84 Å². The first-order valence-electron chi connectivity index (χ1n) is 6.35. The number of ether oxygens (including phenoxy) is 1. The molecule has 0 fully saturated rings. The lowest BCUT2D eigenvalue weighted by Gasteiger charge is -2.16. The van der Waals surface area contributed by atoms with Gasteiger partial charge in [0.1, 0.15) is 0 Å². The Morgan fingerprint density at radius 1 is 1.43 bits per heavy atom. The monoisotopic (exact) mass is 355 g/mol. The van der Waals surface area contributed by atoms with Crippen LogP contribution < -0.4 is 5.32 Å². The lowest BCUT2D eigenvalue weighted by atomic mass is 10.0. The van der Waals surface area contributed by atoms with Gasteiger partial charge >= 0.3 is 5.97 Å². The van der Waals surface area contributed by atoms with Crippen LogP contribution in [0.2, 0.25) is 0 Å². The third-order valence-electron chi connectivity index (χ3n) is 2.87. The summed E-state index contributed by atoms with van der Waals surface area (Å²) >= 11 is 3.39. The molecule has 1 aromatic rings. The average molecular weight is 356 g/mol. The molecule has 5 nitrogen and oxygen atoms in total. The molecule has 1 aromatic carbocycles. The van der Waals surface area contributed by atoms with Gasteiger partial charge in [0.2, 0.25) is 0 Å². The number of hydrogen-bond acceptors (Lipinski definition) is 3. The first-order chi connectivity index (χ1) is 9.86. The fourth-order valence-corrected chi connectivity index (χ4v) is 2.16. The Hall–Kier alpha value is -1.66. The molecule has 0 aliphatic heterocycles. The number of hydrogen-bond donors (Lipinski definition) is 2. The Morgan fingerprint density at radius 3 is 2.67 bits per heavy atom. The zero-order chi connectivity index (χ0) is 16.0. The number of carbonyl (C=O) groups is 2. The first-order valence-corrected chi connectivity index (χ1v) is 7.15. The Bertz CT molecular complexity index is 557. The van der Waals surface area contributed by atoms with E-state index in [1.807, 2.05) is 13.0 Å². The summed E-state index contributed by atoms with van der Waals surface area (Å²) in [7, 11) is 0. The van der Waals surface area contributed by atoms with Crippen molar-refractivity contribution in [1.29, 1.82) is 0 Å². The average Bonchev–Trinajstić information content (AvgIpc) is 2.41. The van der Waals surface area contributed by atoms with Gasteiger partial charge in [-0.15, -0.1) is 6.58 Å². The number of halogens is 1. The smallest absolute Gasteiger partial charge is 0.328 e. The van der Waals surface area contributed by atoms with Crippen LogP contribution in [0.4, 0.5) is 0 Å². The summed E-state index contributed by atoms with van der Waals surface area (Å²) in [5, 5.41) is 11.6. The van der Waals surface area contributed by atoms with E-state index in [2.05, 4.69) is 27.8 Å². The van der Waals surface area contributed by atoms with Crippen molar-refractivity contribution in [3.8, 4) is 0 Å². The van der Waals surface area contributed by atoms with Crippen LogP contribution in [0.1, 0.15) is 21.5 Å². The summed E-state index contributed by atoms with van der Waals surface area (Å²) in [5.41, 5.74) is 2.12. The Kier molecular flexibility index (Phi) is 6.58. The van der Waals surface area contributed by atoms with Crippen LogP contribution in [0.5, 0.6) is 0 Å². The molecular weight excluding hydrogens is 338 g/mol. The van der Waals surface area contributed by atoms with Crippen molar-refractivity contribution in [2.75, 3.05) is 13.2 Å². The fourth-order valence-electron chi connectivity index (χ4n) is 1.71. The molecule has 1 atom stereocenters. The molecule has 0 aliphatic carbocycles. The quantitative estimate of drug-likeness (QED) is 0.581. The van der Waals surface area contributed by atoms with Crippen molar-refractivity contribution in [3.63, 3.8) is 0 Å². The number of carboxylic acids is 1. The largest absolute Gasteiger partial charge is 0.480 e. The van der Waals surface area contributed by atoms with Gasteiger partial charge in [0.15, 0.2) is 6.04 Å². The van der Waals surface area contributed by atoms with Gasteiger partial charge in [0.05, 0.1) is 13.2 Å². The van der Waals surface area contributed by atoms with E-state index >= 15 is 0 Å². The molecular formula is C15H18BrNO4. The lowest BCUT2D eigenvalue weighted by Crippen LogP contribution is -2.44. The van der Waals surface area contributed by atoms with Crippen molar-refractivity contribution >= 4 is 27.8 Å². The number of amides is 1. The van der Waals surface area contributed by atoms with Gasteiger partial charge < -0.3 is 15.2 Å². The summed E-state index contributed by atoms with van der Waals surface area (Å²) < 4.78 is 6.00. The molecule has 6 heteroatoms. The highest BCUT2D eigenvalue weighted by Crippen LogP contribution is 2.21. The third-order valence-corrected chi connectivity index (χ3v) is 3.73. The minimum absolute atomic E-state index is 0.109. The van der Waals surface area contributed by atoms with Crippen molar-refractivity contribution in [2.45, 2.75) is 19.9 Å². The molecule has 0 saturated carbocycles. The predicted octanol–water partition coefficient (Wildman–Crippen LogP) is 2.45. The molecule has 0 spiro atoms. The Morgan fingerprint density at radius 2 is 2.10 bits per heavy atom. The van der Waals surface area contributed by atoms with E-state index in [0.717, 1.165) is 15.6 Å². The third kappa shape index (κ3) is 4.99. The summed E-state index contributed by atoms with van der Waals surface area (Å²) in [5.74, 6) is -1.57. The molecule has 2 N–H and O–H groups in total. The second-order valence-electron chi connectivity index (χ2n) is 4.61. The van der Waals surface area contributed by atoms with Crippen LogP contribution in [0.25, 0.3) is 0 Å². The maximum absolute atomic E-state index is 12.2. The van der Waals surface area contributed by atoms with Crippen LogP contribution in [0.3, 0.4) is 0 Å². The summed E-state index contributed by atoms with van der Waals surface area (Å²) in [4.78, 5) is 23.3. The van der Waals surface area contributed by atoms with Crippen LogP contribution in [-0.4, -0.2) is 36.2 Å². The number of rotatable bonds is 7. The van der Waals surface area contributed by atoms with Crippen LogP contribution in [0, 0.1) is 13.8 Å². The normalized spacial score (nSPS) is 11.8. The van der Waals surface area contributed by atoms with Gasteiger partial charge in [-0.05, 0) is 37.1 Å². The molecule has 1 unspecified atom stereocenters. The second kappa shape index (κ2) is 7.95. The van der Waals surface area contributed by atoms with Crippen molar-refractivity contribution in [3.05, 3.63) is 46.0 Å². The molecule has 0 radical (unpaired) electrons. The van der Waals surface area contributed by atoms with Crippen molar-refractivity contribution in [2.24, 2.45) is 0 Å². The molecule has 0 saturated heterocycles. The number of carboxylic acid groups (broad SMARTS) is 1. The fraction of sp³-hybridized carbons (Fsp3) is 0.333. The lowest BCUT2D eigenvalue weighted by molar-refractivity contribution is -0.140. The molecule has 0 aromatic heterocycles. The molecule has 114 valence electrons. The number of aryl methyl sites for hydroxylation is 2. The van der Waals surface area contributed by atoms with E-state index in [1.54, 1.807) is 13.0 Å². The molecule has 1 amide bonds. The molecule has 0 aliphatic rings. The number of nitrogens with one attached hydrogen (secondary N) is 1. The van der Waals surface area contributed by atoms with E-state index in [0.29, 0.717) is 5.56 Å². The first kappa shape index (κ1) is 17.4. The molecule has 0 bridgehead atoms. The number of benzene rings is 1. The zero-order valence-electron chi connectivity index (χ0n) is 12.0. The highest BCUT2D eigenvalue weighted by Gasteiger charge is 2.22. The highest BCUT2D eigenvalue weighted by molar-refractivity contribution is 9.10. The zero-order valence-corrected chi connectivity index (χ0v) is 13.6. The van der Waals surface area contributed by atoms with Gasteiger partial charge in [-0.1, -0.05) is 22.0 Å². The van der Waals surface area contributed by atoms with Crippen molar-refractivity contribution < 1.29 is 19.4 Å². The van der Waals surface area contributed by atoms with Gasteiger partial charge in [-0.2, -0.15) is 0 Å². The number of carbonyl (C=O) groups excluding carboxylic acids is 1. The van der Waals surface area contributed by atoms with Gasteiger partial charge in [-0.3, -0.25) is 4.79 Å². The van der Waals surface area contributed by atoms with Crippen LogP contribution >= 0.6 is 15.9 Å². The molecule has 1 rings (SSSR count). The van der Waals surface area contributed by atoms with Gasteiger partial charge in [0, 0.05) is 10.0 Å². The molecule has 21 heavy (non-hydrogen) atoms. The predicted molar refractivity (Wildman–Crippen MR) is 83.5 cm³/mol. The topological polar surface area (TPSA) is 75.6 Å². The van der Waals surface area contributed by atoms with E-state index in [-0.39, 0.29) is 13.2 Å². The Labute approximate surface area is 132 Å². The van der Waals surface area contributed by atoms with Crippen LogP contribution in [0.15, 0.2) is 29.3 Å². The van der Waals surface area contributed by atoms with E-state index < -0.39 is 17.9 Å². The molecule has 0 heterocycles. The van der Waals surface area contributed by atoms with E-state index in [9.17, 15) is 9.59 Å². The maximum Gasteiger partial charge on any atom is 0.328 e. The van der Waals surface area contributed by atoms with E-state index in [1.165, 1.54) is 6.08 Å². The maximum atomic E-state index is 12.2. The van der Waals surface area contributed by atoms with Crippen molar-refractivity contribution in [1.82, 2.24) is 5.32 Å². The summed E-state index contributed by atoms with van der Waals surface area (Å²) in [6, 6.07) is 2.45. The van der Waals surface area contributed by atoms with Gasteiger partial charge in [-0.25, -0.2) is 4.79 Å².